The molecular formula is C18H27NO. The molecule has 1 aliphatic heterocycles. The van der Waals surface area contributed by atoms with Gasteiger partial charge in [0.2, 0.25) is 0 Å². The summed E-state index contributed by atoms with van der Waals surface area (Å²) in [6, 6.07) is 11.1. The molecule has 1 N–H and O–H groups in total. The van der Waals surface area contributed by atoms with Crippen LogP contribution in [0.4, 0.5) is 0 Å². The van der Waals surface area contributed by atoms with E-state index in [1.807, 2.05) is 0 Å². The third-order valence-corrected chi connectivity index (χ3v) is 5.12. The lowest BCUT2D eigenvalue weighted by atomic mass is 9.87. The van der Waals surface area contributed by atoms with E-state index in [0.717, 1.165) is 13.2 Å². The zero-order chi connectivity index (χ0) is 14.0. The highest BCUT2D eigenvalue weighted by molar-refractivity contribution is 5.20. The average Bonchev–Trinajstić information content (AvgIpc) is 2.82. The third-order valence-electron chi connectivity index (χ3n) is 5.12. The van der Waals surface area contributed by atoms with E-state index >= 15 is 0 Å². The van der Waals surface area contributed by atoms with Gasteiger partial charge in [0, 0.05) is 18.0 Å². The van der Waals surface area contributed by atoms with E-state index in [0.29, 0.717) is 17.4 Å². The molecule has 0 bridgehead atoms. The Labute approximate surface area is 122 Å². The van der Waals surface area contributed by atoms with Crippen molar-refractivity contribution in [2.75, 3.05) is 13.2 Å². The van der Waals surface area contributed by atoms with Crippen LogP contribution in [0.2, 0.25) is 0 Å². The van der Waals surface area contributed by atoms with Crippen LogP contribution in [0.5, 0.6) is 0 Å². The van der Waals surface area contributed by atoms with Crippen LogP contribution in [0.3, 0.4) is 0 Å². The van der Waals surface area contributed by atoms with Crippen LogP contribution in [-0.2, 0) is 4.74 Å². The van der Waals surface area contributed by atoms with Crippen molar-refractivity contribution in [2.24, 2.45) is 11.3 Å². The molecule has 2 heteroatoms. The quantitative estimate of drug-likeness (QED) is 0.881. The van der Waals surface area contributed by atoms with E-state index in [2.05, 4.69) is 49.5 Å². The van der Waals surface area contributed by atoms with Gasteiger partial charge in [-0.25, -0.2) is 0 Å². The van der Waals surface area contributed by atoms with E-state index in [1.165, 1.54) is 31.2 Å². The molecule has 0 amide bonds. The lowest BCUT2D eigenvalue weighted by Gasteiger charge is -2.29. The van der Waals surface area contributed by atoms with Gasteiger partial charge in [0.15, 0.2) is 0 Å². The van der Waals surface area contributed by atoms with E-state index in [9.17, 15) is 0 Å². The molecule has 20 heavy (non-hydrogen) atoms. The molecule has 0 aromatic heterocycles. The minimum Gasteiger partial charge on any atom is -0.371 e. The molecule has 110 valence electrons. The monoisotopic (exact) mass is 273 g/mol. The molecule has 2 fully saturated rings. The molecule has 2 unspecified atom stereocenters. The molecule has 1 aromatic rings. The predicted octanol–water partition coefficient (Wildman–Crippen LogP) is 3.93. The Hall–Kier alpha value is -0.860. The number of ether oxygens (including phenoxy) is 1. The molecule has 1 saturated carbocycles. The molecule has 1 aliphatic carbocycles. The van der Waals surface area contributed by atoms with Gasteiger partial charge in [0.25, 0.3) is 0 Å². The number of hydrogen-bond donors (Lipinski definition) is 1. The molecule has 2 aliphatic rings. The minimum absolute atomic E-state index is 0.191. The zero-order valence-electron chi connectivity index (χ0n) is 12.8. The first-order valence-electron chi connectivity index (χ1n) is 8.10. The molecular weight excluding hydrogens is 246 g/mol. The van der Waals surface area contributed by atoms with Gasteiger partial charge in [-0.2, -0.15) is 0 Å². The van der Waals surface area contributed by atoms with Gasteiger partial charge in [-0.3, -0.25) is 0 Å². The largest absolute Gasteiger partial charge is 0.371 e. The standard InChI is InChI=1S/C18H27NO/c1-14(2)16-17(15-8-4-3-5-9-15)20-13-18(12-19-16)10-6-7-11-18/h3-5,8-9,14,16-17,19H,6-7,10-13H2,1-2H3. The smallest absolute Gasteiger partial charge is 0.0980 e. The highest BCUT2D eigenvalue weighted by Gasteiger charge is 2.40. The van der Waals surface area contributed by atoms with Gasteiger partial charge in [0.1, 0.15) is 0 Å². The minimum atomic E-state index is 0.191. The molecule has 3 rings (SSSR count). The fraction of sp³-hybridized carbons (Fsp3) is 0.667. The molecule has 1 spiro atoms. The number of nitrogens with one attached hydrogen (secondary N) is 1. The van der Waals surface area contributed by atoms with Gasteiger partial charge < -0.3 is 10.1 Å². The van der Waals surface area contributed by atoms with Crippen LogP contribution >= 0.6 is 0 Å². The third kappa shape index (κ3) is 2.77. The maximum atomic E-state index is 6.44. The van der Waals surface area contributed by atoms with Crippen molar-refractivity contribution in [2.45, 2.75) is 51.7 Å². The van der Waals surface area contributed by atoms with Crippen molar-refractivity contribution >= 4 is 0 Å². The average molecular weight is 273 g/mol. The zero-order valence-corrected chi connectivity index (χ0v) is 12.8. The van der Waals surface area contributed by atoms with E-state index in [1.54, 1.807) is 0 Å². The second-order valence-electron chi connectivity index (χ2n) is 7.00. The summed E-state index contributed by atoms with van der Waals surface area (Å²) in [4.78, 5) is 0. The van der Waals surface area contributed by atoms with Crippen LogP contribution in [0.25, 0.3) is 0 Å². The molecule has 0 radical (unpaired) electrons. The van der Waals surface area contributed by atoms with Gasteiger partial charge in [-0.1, -0.05) is 57.0 Å². The Balaban J connectivity index is 1.83. The molecule has 1 aromatic carbocycles. The highest BCUT2D eigenvalue weighted by atomic mass is 16.5. The van der Waals surface area contributed by atoms with Gasteiger partial charge in [-0.15, -0.1) is 0 Å². The van der Waals surface area contributed by atoms with Gasteiger partial charge >= 0.3 is 0 Å². The van der Waals surface area contributed by atoms with Crippen molar-refractivity contribution in [3.8, 4) is 0 Å². The summed E-state index contributed by atoms with van der Waals surface area (Å²) in [6.45, 7) is 6.63. The van der Waals surface area contributed by atoms with Gasteiger partial charge in [-0.05, 0) is 24.3 Å². The number of rotatable bonds is 2. The Kier molecular flexibility index (Phi) is 4.13. The van der Waals surface area contributed by atoms with Crippen LogP contribution in [-0.4, -0.2) is 19.2 Å². The Morgan fingerprint density at radius 1 is 1.15 bits per heavy atom. The Bertz CT molecular complexity index is 422. The second-order valence-corrected chi connectivity index (χ2v) is 7.00. The molecule has 2 atom stereocenters. The first-order chi connectivity index (χ1) is 9.70. The number of benzene rings is 1. The Morgan fingerprint density at radius 2 is 1.85 bits per heavy atom. The van der Waals surface area contributed by atoms with E-state index in [-0.39, 0.29) is 6.10 Å². The predicted molar refractivity (Wildman–Crippen MR) is 82.7 cm³/mol. The second kappa shape index (κ2) is 5.87. The van der Waals surface area contributed by atoms with Crippen molar-refractivity contribution in [1.82, 2.24) is 5.32 Å². The summed E-state index contributed by atoms with van der Waals surface area (Å²) >= 11 is 0. The molecule has 1 heterocycles. The first-order valence-corrected chi connectivity index (χ1v) is 8.10. The highest BCUT2D eigenvalue weighted by Crippen LogP contribution is 2.42. The SMILES string of the molecule is CC(C)C1NCC2(CCCC2)COC1c1ccccc1. The maximum absolute atomic E-state index is 6.44. The normalized spacial score (nSPS) is 29.8. The Morgan fingerprint density at radius 3 is 2.50 bits per heavy atom. The summed E-state index contributed by atoms with van der Waals surface area (Å²) in [5.74, 6) is 0.580. The lowest BCUT2D eigenvalue weighted by molar-refractivity contribution is -0.00485. The maximum Gasteiger partial charge on any atom is 0.0980 e. The van der Waals surface area contributed by atoms with Crippen molar-refractivity contribution in [3.63, 3.8) is 0 Å². The van der Waals surface area contributed by atoms with E-state index in [4.69, 9.17) is 4.74 Å². The topological polar surface area (TPSA) is 21.3 Å². The van der Waals surface area contributed by atoms with E-state index < -0.39 is 0 Å². The van der Waals surface area contributed by atoms with Crippen LogP contribution < -0.4 is 5.32 Å². The van der Waals surface area contributed by atoms with Crippen LogP contribution in [0, 0.1) is 11.3 Å². The van der Waals surface area contributed by atoms with Gasteiger partial charge in [0.05, 0.1) is 12.7 Å². The van der Waals surface area contributed by atoms with Crippen molar-refractivity contribution in [3.05, 3.63) is 35.9 Å². The number of hydrogen-bond acceptors (Lipinski definition) is 2. The first kappa shape index (κ1) is 14.1. The summed E-state index contributed by atoms with van der Waals surface area (Å²) in [7, 11) is 0. The lowest BCUT2D eigenvalue weighted by Crippen LogP contribution is -2.41. The summed E-state index contributed by atoms with van der Waals surface area (Å²) in [5, 5.41) is 3.84. The van der Waals surface area contributed by atoms with Crippen LogP contribution in [0.1, 0.15) is 51.2 Å². The summed E-state index contributed by atoms with van der Waals surface area (Å²) in [5.41, 5.74) is 1.71. The van der Waals surface area contributed by atoms with Crippen molar-refractivity contribution in [1.29, 1.82) is 0 Å². The molecule has 1 saturated heterocycles. The fourth-order valence-electron chi connectivity index (χ4n) is 3.84. The van der Waals surface area contributed by atoms with Crippen molar-refractivity contribution < 1.29 is 4.74 Å². The van der Waals surface area contributed by atoms with Crippen LogP contribution in [0.15, 0.2) is 30.3 Å². The molecule has 2 nitrogen and oxygen atoms in total. The fourth-order valence-corrected chi connectivity index (χ4v) is 3.84. The summed E-state index contributed by atoms with van der Waals surface area (Å²) < 4.78 is 6.44. The summed E-state index contributed by atoms with van der Waals surface area (Å²) in [6.07, 6.45) is 5.58.